The normalized spacial score (nSPS) is 17.6. The zero-order valence-corrected chi connectivity index (χ0v) is 13.6. The number of halogens is 1. The van der Waals surface area contributed by atoms with E-state index in [-0.39, 0.29) is 23.5 Å². The zero-order valence-electron chi connectivity index (χ0n) is 13.6. The number of amides is 1. The summed E-state index contributed by atoms with van der Waals surface area (Å²) in [6, 6.07) is 11.7. The monoisotopic (exact) mass is 339 g/mol. The van der Waals surface area contributed by atoms with E-state index in [1.807, 2.05) is 16.9 Å². The fraction of sp³-hybridized carbons (Fsp3) is 0.263. The van der Waals surface area contributed by atoms with Crippen LogP contribution in [0.2, 0.25) is 0 Å². The number of carbonyl (C=O) groups is 1. The highest BCUT2D eigenvalue weighted by atomic mass is 19.1. The van der Waals surface area contributed by atoms with Crippen LogP contribution in [0.3, 0.4) is 0 Å². The van der Waals surface area contributed by atoms with Gasteiger partial charge in [0.2, 0.25) is 0 Å². The van der Waals surface area contributed by atoms with Crippen LogP contribution < -0.4 is 0 Å². The van der Waals surface area contributed by atoms with Crippen LogP contribution in [-0.2, 0) is 0 Å². The van der Waals surface area contributed by atoms with Crippen LogP contribution >= 0.6 is 0 Å². The largest absolute Gasteiger partial charge is 0.451 e. The third kappa shape index (κ3) is 3.07. The molecular weight excluding hydrogens is 321 g/mol. The number of benzene rings is 1. The lowest BCUT2D eigenvalue weighted by atomic mass is 10.1. The third-order valence-electron chi connectivity index (χ3n) is 4.54. The van der Waals surface area contributed by atoms with Crippen molar-refractivity contribution < 1.29 is 13.6 Å². The lowest BCUT2D eigenvalue weighted by Gasteiger charge is -2.32. The lowest BCUT2D eigenvalue weighted by Crippen LogP contribution is -2.40. The van der Waals surface area contributed by atoms with Gasteiger partial charge in [0, 0.05) is 25.5 Å². The van der Waals surface area contributed by atoms with Crippen molar-refractivity contribution in [1.82, 2.24) is 14.7 Å². The van der Waals surface area contributed by atoms with Gasteiger partial charge < -0.3 is 9.32 Å². The molecule has 3 aromatic rings. The van der Waals surface area contributed by atoms with Crippen LogP contribution in [0, 0.1) is 5.82 Å². The van der Waals surface area contributed by atoms with Crippen molar-refractivity contribution in [3.63, 3.8) is 0 Å². The molecule has 128 valence electrons. The molecule has 1 aliphatic heterocycles. The first-order valence-electron chi connectivity index (χ1n) is 8.35. The first-order valence-corrected chi connectivity index (χ1v) is 8.35. The van der Waals surface area contributed by atoms with E-state index >= 15 is 0 Å². The van der Waals surface area contributed by atoms with Crippen LogP contribution in [0.1, 0.15) is 29.4 Å². The molecule has 0 radical (unpaired) electrons. The number of aromatic nitrogens is 2. The molecule has 0 saturated carbocycles. The number of furan rings is 1. The maximum absolute atomic E-state index is 13.9. The number of piperidine rings is 1. The van der Waals surface area contributed by atoms with Crippen molar-refractivity contribution in [3.8, 4) is 11.3 Å². The molecule has 1 aromatic carbocycles. The molecule has 25 heavy (non-hydrogen) atoms. The molecule has 1 aliphatic rings. The van der Waals surface area contributed by atoms with Crippen molar-refractivity contribution in [2.45, 2.75) is 18.9 Å². The van der Waals surface area contributed by atoms with Gasteiger partial charge >= 0.3 is 0 Å². The molecule has 1 fully saturated rings. The smallest absolute Gasteiger partial charge is 0.289 e. The van der Waals surface area contributed by atoms with E-state index in [1.54, 1.807) is 41.4 Å². The van der Waals surface area contributed by atoms with E-state index in [0.29, 0.717) is 24.4 Å². The van der Waals surface area contributed by atoms with Crippen molar-refractivity contribution in [3.05, 3.63) is 66.4 Å². The molecule has 0 N–H and O–H groups in total. The first kappa shape index (κ1) is 15.6. The maximum Gasteiger partial charge on any atom is 0.289 e. The van der Waals surface area contributed by atoms with Gasteiger partial charge in [-0.05, 0) is 43.2 Å². The zero-order chi connectivity index (χ0) is 17.2. The SMILES string of the molecule is O=C(c1ccc(-c2ccccc2F)o1)N1CCC[C@@H](n2cccn2)C1. The summed E-state index contributed by atoms with van der Waals surface area (Å²) in [6.45, 7) is 1.28. The van der Waals surface area contributed by atoms with Gasteiger partial charge in [-0.25, -0.2) is 4.39 Å². The van der Waals surface area contributed by atoms with E-state index < -0.39 is 0 Å². The van der Waals surface area contributed by atoms with Crippen molar-refractivity contribution in [1.29, 1.82) is 0 Å². The van der Waals surface area contributed by atoms with Crippen LogP contribution in [0.4, 0.5) is 4.39 Å². The predicted octanol–water partition coefficient (Wildman–Crippen LogP) is 3.76. The molecule has 6 heteroatoms. The molecule has 0 unspecified atom stereocenters. The van der Waals surface area contributed by atoms with Gasteiger partial charge in [0.05, 0.1) is 11.6 Å². The number of nitrogens with zero attached hydrogens (tertiary/aromatic N) is 3. The lowest BCUT2D eigenvalue weighted by molar-refractivity contribution is 0.0642. The topological polar surface area (TPSA) is 51.3 Å². The number of hydrogen-bond donors (Lipinski definition) is 0. The summed E-state index contributed by atoms with van der Waals surface area (Å²) in [5.74, 6) is 0.0634. The summed E-state index contributed by atoms with van der Waals surface area (Å²) in [5, 5.41) is 4.27. The Balaban J connectivity index is 1.52. The highest BCUT2D eigenvalue weighted by molar-refractivity contribution is 5.92. The first-order chi connectivity index (χ1) is 12.2. The molecule has 5 nitrogen and oxygen atoms in total. The Morgan fingerprint density at radius 3 is 2.88 bits per heavy atom. The Bertz CT molecular complexity index is 872. The number of rotatable bonds is 3. The minimum atomic E-state index is -0.368. The molecule has 2 aromatic heterocycles. The fourth-order valence-corrected chi connectivity index (χ4v) is 3.27. The summed E-state index contributed by atoms with van der Waals surface area (Å²) >= 11 is 0. The summed E-state index contributed by atoms with van der Waals surface area (Å²) in [4.78, 5) is 14.5. The van der Waals surface area contributed by atoms with Crippen LogP contribution in [-0.4, -0.2) is 33.7 Å². The number of carbonyl (C=O) groups excluding carboxylic acids is 1. The Kier molecular flexibility index (Phi) is 4.09. The van der Waals surface area contributed by atoms with Crippen molar-refractivity contribution in [2.24, 2.45) is 0 Å². The third-order valence-corrected chi connectivity index (χ3v) is 4.54. The summed E-state index contributed by atoms with van der Waals surface area (Å²) in [5.41, 5.74) is 0.356. The number of likely N-dealkylation sites (tertiary alicyclic amines) is 1. The standard InChI is InChI=1S/C19H18FN3O2/c20-16-7-2-1-6-15(16)17-8-9-18(25-17)19(24)22-11-3-5-14(13-22)23-12-4-10-21-23/h1-2,4,6-10,12,14H,3,5,11,13H2/t14-/m1/s1. The van der Waals surface area contributed by atoms with Gasteiger partial charge in [-0.1, -0.05) is 12.1 Å². The fourth-order valence-electron chi connectivity index (χ4n) is 3.27. The van der Waals surface area contributed by atoms with Crippen LogP contribution in [0.5, 0.6) is 0 Å². The van der Waals surface area contributed by atoms with Crippen molar-refractivity contribution in [2.75, 3.05) is 13.1 Å². The second kappa shape index (κ2) is 6.55. The van der Waals surface area contributed by atoms with Crippen molar-refractivity contribution >= 4 is 5.91 Å². The second-order valence-electron chi connectivity index (χ2n) is 6.18. The second-order valence-corrected chi connectivity index (χ2v) is 6.18. The molecule has 0 bridgehead atoms. The molecule has 4 rings (SSSR count). The highest BCUT2D eigenvalue weighted by Gasteiger charge is 2.27. The predicted molar refractivity (Wildman–Crippen MR) is 90.5 cm³/mol. The van der Waals surface area contributed by atoms with E-state index in [2.05, 4.69) is 5.10 Å². The van der Waals surface area contributed by atoms with E-state index in [1.165, 1.54) is 6.07 Å². The van der Waals surface area contributed by atoms with E-state index in [9.17, 15) is 9.18 Å². The van der Waals surface area contributed by atoms with E-state index in [4.69, 9.17) is 4.42 Å². The highest BCUT2D eigenvalue weighted by Crippen LogP contribution is 2.27. The molecule has 0 aliphatic carbocycles. The van der Waals surface area contributed by atoms with Gasteiger partial charge in [-0.3, -0.25) is 9.48 Å². The van der Waals surface area contributed by atoms with Gasteiger partial charge in [-0.15, -0.1) is 0 Å². The Morgan fingerprint density at radius 2 is 2.08 bits per heavy atom. The summed E-state index contributed by atoms with van der Waals surface area (Å²) in [7, 11) is 0. The quantitative estimate of drug-likeness (QED) is 0.730. The maximum atomic E-state index is 13.9. The number of hydrogen-bond acceptors (Lipinski definition) is 3. The molecule has 1 atom stereocenters. The van der Waals surface area contributed by atoms with Gasteiger partial charge in [0.25, 0.3) is 5.91 Å². The van der Waals surface area contributed by atoms with Gasteiger partial charge in [0.1, 0.15) is 11.6 Å². The average molecular weight is 339 g/mol. The Hall–Kier alpha value is -2.89. The summed E-state index contributed by atoms with van der Waals surface area (Å²) < 4.78 is 21.4. The van der Waals surface area contributed by atoms with Gasteiger partial charge in [0.15, 0.2) is 5.76 Å². The average Bonchev–Trinajstić information content (AvgIpc) is 3.34. The summed E-state index contributed by atoms with van der Waals surface area (Å²) in [6.07, 6.45) is 5.57. The van der Waals surface area contributed by atoms with Crippen LogP contribution in [0.25, 0.3) is 11.3 Å². The minimum absolute atomic E-state index is 0.167. The van der Waals surface area contributed by atoms with Crippen LogP contribution in [0.15, 0.2) is 59.3 Å². The molecule has 1 saturated heterocycles. The molecular formula is C19H18FN3O2. The Morgan fingerprint density at radius 1 is 1.20 bits per heavy atom. The van der Waals surface area contributed by atoms with Gasteiger partial charge in [-0.2, -0.15) is 5.10 Å². The molecule has 0 spiro atoms. The molecule has 1 amide bonds. The van der Waals surface area contributed by atoms with E-state index in [0.717, 1.165) is 12.8 Å². The minimum Gasteiger partial charge on any atom is -0.451 e. The molecule has 3 heterocycles. The Labute approximate surface area is 144 Å².